The minimum Gasteiger partial charge on any atom is -0.298 e. The third-order valence-electron chi connectivity index (χ3n) is 3.90. The zero-order valence-electron chi connectivity index (χ0n) is 11.6. The van der Waals surface area contributed by atoms with Gasteiger partial charge in [0.1, 0.15) is 0 Å². The number of hydrogen-bond acceptors (Lipinski definition) is 5. The summed E-state index contributed by atoms with van der Waals surface area (Å²) in [6.07, 6.45) is 5.15. The smallest absolute Gasteiger partial charge is 0.294 e. The highest BCUT2D eigenvalue weighted by Gasteiger charge is 2.22. The number of hydrazine groups is 1. The van der Waals surface area contributed by atoms with Gasteiger partial charge in [0.25, 0.3) is 5.91 Å². The Morgan fingerprint density at radius 2 is 2.21 bits per heavy atom. The zero-order chi connectivity index (χ0) is 13.8. The fraction of sp³-hybridized carbons (Fsp3) is 0.692. The maximum Gasteiger partial charge on any atom is 0.294 e. The quantitative estimate of drug-likeness (QED) is 0.501. The van der Waals surface area contributed by atoms with Gasteiger partial charge in [0.2, 0.25) is 0 Å². The largest absolute Gasteiger partial charge is 0.298 e. The summed E-state index contributed by atoms with van der Waals surface area (Å²) in [5, 5.41) is 2.37. The molecule has 0 spiro atoms. The van der Waals surface area contributed by atoms with Crippen LogP contribution < -0.4 is 11.3 Å². The van der Waals surface area contributed by atoms with Gasteiger partial charge in [-0.2, -0.15) is 0 Å². The number of nitrogens with zero attached hydrogens (tertiary/aromatic N) is 2. The Kier molecular flexibility index (Phi) is 4.90. The summed E-state index contributed by atoms with van der Waals surface area (Å²) in [4.78, 5) is 18.0. The molecule has 0 aliphatic heterocycles. The van der Waals surface area contributed by atoms with E-state index in [2.05, 4.69) is 29.3 Å². The van der Waals surface area contributed by atoms with E-state index in [1.54, 1.807) is 0 Å². The minimum absolute atomic E-state index is 0.314. The third-order valence-corrected chi connectivity index (χ3v) is 4.79. The first-order chi connectivity index (χ1) is 9.10. The Balaban J connectivity index is 1.89. The van der Waals surface area contributed by atoms with E-state index in [1.807, 2.05) is 5.38 Å². The number of carbonyl (C=O) groups excluding carboxylic acids is 1. The SMILES string of the molecule is CC1CCC(N(C)Cc2csc(C(=O)NN)n2)CC1. The van der Waals surface area contributed by atoms with Gasteiger partial charge in [0.15, 0.2) is 5.01 Å². The van der Waals surface area contributed by atoms with Gasteiger partial charge < -0.3 is 0 Å². The lowest BCUT2D eigenvalue weighted by atomic mass is 9.87. The van der Waals surface area contributed by atoms with Gasteiger partial charge >= 0.3 is 0 Å². The summed E-state index contributed by atoms with van der Waals surface area (Å²) >= 11 is 1.34. The van der Waals surface area contributed by atoms with Crippen LogP contribution in [0.3, 0.4) is 0 Å². The number of rotatable bonds is 4. The third kappa shape index (κ3) is 3.75. The normalized spacial score (nSPS) is 23.6. The number of nitrogens with one attached hydrogen (secondary N) is 1. The average molecular weight is 282 g/mol. The number of nitrogens with two attached hydrogens (primary N) is 1. The summed E-state index contributed by atoms with van der Waals surface area (Å²) in [5.41, 5.74) is 3.06. The predicted octanol–water partition coefficient (Wildman–Crippen LogP) is 1.76. The van der Waals surface area contributed by atoms with Crippen molar-refractivity contribution in [2.45, 2.75) is 45.2 Å². The van der Waals surface area contributed by atoms with E-state index in [0.717, 1.165) is 18.2 Å². The van der Waals surface area contributed by atoms with Gasteiger partial charge in [-0.25, -0.2) is 10.8 Å². The van der Waals surface area contributed by atoms with Crippen molar-refractivity contribution in [1.29, 1.82) is 0 Å². The molecule has 19 heavy (non-hydrogen) atoms. The molecule has 1 saturated carbocycles. The summed E-state index contributed by atoms with van der Waals surface area (Å²) in [6.45, 7) is 3.13. The molecular weight excluding hydrogens is 260 g/mol. The molecule has 0 aromatic carbocycles. The van der Waals surface area contributed by atoms with Gasteiger partial charge in [-0.15, -0.1) is 11.3 Å². The number of carbonyl (C=O) groups is 1. The lowest BCUT2D eigenvalue weighted by Gasteiger charge is -2.33. The number of nitrogen functional groups attached to an aromatic ring is 1. The summed E-state index contributed by atoms with van der Waals surface area (Å²) in [6, 6.07) is 0.643. The monoisotopic (exact) mass is 282 g/mol. The second-order valence-electron chi connectivity index (χ2n) is 5.45. The van der Waals surface area contributed by atoms with Crippen LogP contribution in [-0.2, 0) is 6.54 Å². The second-order valence-corrected chi connectivity index (χ2v) is 6.30. The lowest BCUT2D eigenvalue weighted by molar-refractivity contribution is 0.0952. The van der Waals surface area contributed by atoms with Crippen molar-refractivity contribution in [3.05, 3.63) is 16.1 Å². The fourth-order valence-electron chi connectivity index (χ4n) is 2.61. The van der Waals surface area contributed by atoms with Crippen molar-refractivity contribution in [3.8, 4) is 0 Å². The van der Waals surface area contributed by atoms with Gasteiger partial charge in [0, 0.05) is 18.0 Å². The van der Waals surface area contributed by atoms with Gasteiger partial charge in [0.05, 0.1) is 5.69 Å². The van der Waals surface area contributed by atoms with Crippen molar-refractivity contribution in [1.82, 2.24) is 15.3 Å². The Morgan fingerprint density at radius 3 is 2.84 bits per heavy atom. The number of aromatic nitrogens is 1. The standard InChI is InChI=1S/C13H22N4OS/c1-9-3-5-11(6-4-9)17(2)7-10-8-19-13(15-10)12(18)16-14/h8-9,11H,3-7,14H2,1-2H3,(H,16,18). The van der Waals surface area contributed by atoms with Crippen LogP contribution in [0.1, 0.15) is 48.1 Å². The van der Waals surface area contributed by atoms with E-state index in [1.165, 1.54) is 37.0 Å². The highest BCUT2D eigenvalue weighted by atomic mass is 32.1. The summed E-state index contributed by atoms with van der Waals surface area (Å²) in [7, 11) is 2.14. The van der Waals surface area contributed by atoms with Crippen LogP contribution in [0.5, 0.6) is 0 Å². The molecule has 106 valence electrons. The molecule has 1 amide bonds. The van der Waals surface area contributed by atoms with Crippen LogP contribution in [0.15, 0.2) is 5.38 Å². The summed E-state index contributed by atoms with van der Waals surface area (Å²) < 4.78 is 0. The van der Waals surface area contributed by atoms with Crippen LogP contribution in [-0.4, -0.2) is 28.9 Å². The van der Waals surface area contributed by atoms with Crippen molar-refractivity contribution >= 4 is 17.2 Å². The van der Waals surface area contributed by atoms with Crippen LogP contribution in [0.25, 0.3) is 0 Å². The zero-order valence-corrected chi connectivity index (χ0v) is 12.4. The molecular formula is C13H22N4OS. The Morgan fingerprint density at radius 1 is 1.53 bits per heavy atom. The van der Waals surface area contributed by atoms with Crippen LogP contribution in [0.2, 0.25) is 0 Å². The molecule has 0 unspecified atom stereocenters. The molecule has 1 heterocycles. The first-order valence-corrected chi connectivity index (χ1v) is 7.63. The maximum absolute atomic E-state index is 11.3. The number of hydrogen-bond donors (Lipinski definition) is 2. The van der Waals surface area contributed by atoms with E-state index in [9.17, 15) is 4.79 Å². The van der Waals surface area contributed by atoms with Crippen molar-refractivity contribution < 1.29 is 4.79 Å². The first kappa shape index (κ1) is 14.4. The van der Waals surface area contributed by atoms with E-state index < -0.39 is 0 Å². The predicted molar refractivity (Wildman–Crippen MR) is 76.7 cm³/mol. The Bertz CT molecular complexity index is 426. The second kappa shape index (κ2) is 6.45. The van der Waals surface area contributed by atoms with Crippen LogP contribution >= 0.6 is 11.3 Å². The van der Waals surface area contributed by atoms with Gasteiger partial charge in [-0.05, 0) is 38.6 Å². The highest BCUT2D eigenvalue weighted by Crippen LogP contribution is 2.27. The number of amides is 1. The topological polar surface area (TPSA) is 71.2 Å². The van der Waals surface area contributed by atoms with Gasteiger partial charge in [-0.3, -0.25) is 15.1 Å². The molecule has 5 nitrogen and oxygen atoms in total. The molecule has 0 bridgehead atoms. The summed E-state index contributed by atoms with van der Waals surface area (Å²) in [5.74, 6) is 5.65. The molecule has 0 atom stereocenters. The molecule has 0 saturated heterocycles. The molecule has 1 aromatic heterocycles. The van der Waals surface area contributed by atoms with Crippen molar-refractivity contribution in [3.63, 3.8) is 0 Å². The molecule has 0 radical (unpaired) electrons. The Hall–Kier alpha value is -0.980. The molecule has 1 aromatic rings. The molecule has 1 aliphatic rings. The van der Waals surface area contributed by atoms with E-state index in [-0.39, 0.29) is 5.91 Å². The van der Waals surface area contributed by atoms with Crippen molar-refractivity contribution in [2.24, 2.45) is 11.8 Å². The fourth-order valence-corrected chi connectivity index (χ4v) is 3.32. The lowest BCUT2D eigenvalue weighted by Crippen LogP contribution is -2.34. The molecule has 6 heteroatoms. The van der Waals surface area contributed by atoms with E-state index >= 15 is 0 Å². The highest BCUT2D eigenvalue weighted by molar-refractivity contribution is 7.11. The van der Waals surface area contributed by atoms with E-state index in [0.29, 0.717) is 11.0 Å². The molecule has 2 rings (SSSR count). The molecule has 3 N–H and O–H groups in total. The number of thiazole rings is 1. The van der Waals surface area contributed by atoms with Crippen LogP contribution in [0.4, 0.5) is 0 Å². The minimum atomic E-state index is -0.314. The van der Waals surface area contributed by atoms with E-state index in [4.69, 9.17) is 5.84 Å². The van der Waals surface area contributed by atoms with Crippen molar-refractivity contribution in [2.75, 3.05) is 7.05 Å². The first-order valence-electron chi connectivity index (χ1n) is 6.75. The van der Waals surface area contributed by atoms with Crippen LogP contribution in [0, 0.1) is 5.92 Å². The van der Waals surface area contributed by atoms with Gasteiger partial charge in [-0.1, -0.05) is 6.92 Å². The molecule has 1 aliphatic carbocycles. The maximum atomic E-state index is 11.3. The molecule has 1 fully saturated rings. The Labute approximate surface area is 118 Å². The average Bonchev–Trinajstić information content (AvgIpc) is 2.87.